The Morgan fingerprint density at radius 1 is 1.50 bits per heavy atom. The SMILES string of the molecule is CNC(CN1CCCC1=O)c1cccc(OC)c1. The van der Waals surface area contributed by atoms with E-state index in [0.29, 0.717) is 6.42 Å². The van der Waals surface area contributed by atoms with E-state index in [2.05, 4.69) is 11.4 Å². The molecular weight excluding hydrogens is 228 g/mol. The van der Waals surface area contributed by atoms with Gasteiger partial charge in [0.2, 0.25) is 5.91 Å². The van der Waals surface area contributed by atoms with Gasteiger partial charge in [0.15, 0.2) is 0 Å². The van der Waals surface area contributed by atoms with Crippen molar-refractivity contribution in [2.45, 2.75) is 18.9 Å². The molecule has 18 heavy (non-hydrogen) atoms. The molecule has 0 spiro atoms. The van der Waals surface area contributed by atoms with Crippen LogP contribution in [0.4, 0.5) is 0 Å². The van der Waals surface area contributed by atoms with Gasteiger partial charge in [-0.05, 0) is 31.2 Å². The minimum atomic E-state index is 0.155. The van der Waals surface area contributed by atoms with E-state index >= 15 is 0 Å². The molecule has 0 aromatic heterocycles. The third-order valence-corrected chi connectivity index (χ3v) is 3.42. The Kier molecular flexibility index (Phi) is 4.20. The molecule has 98 valence electrons. The fourth-order valence-corrected chi connectivity index (χ4v) is 2.34. The maximum atomic E-state index is 11.7. The van der Waals surface area contributed by atoms with Crippen LogP contribution in [-0.2, 0) is 4.79 Å². The molecule has 1 heterocycles. The molecule has 1 aliphatic rings. The zero-order valence-electron chi connectivity index (χ0n) is 11.0. The van der Waals surface area contributed by atoms with Crippen LogP contribution in [0.15, 0.2) is 24.3 Å². The molecular formula is C14H20N2O2. The Morgan fingerprint density at radius 2 is 2.33 bits per heavy atom. The van der Waals surface area contributed by atoms with Crippen molar-refractivity contribution in [3.63, 3.8) is 0 Å². The van der Waals surface area contributed by atoms with Gasteiger partial charge in [-0.25, -0.2) is 0 Å². The number of likely N-dealkylation sites (N-methyl/N-ethyl adjacent to an activating group) is 1. The highest BCUT2D eigenvalue weighted by atomic mass is 16.5. The lowest BCUT2D eigenvalue weighted by molar-refractivity contribution is -0.128. The number of nitrogens with one attached hydrogen (secondary N) is 1. The summed E-state index contributed by atoms with van der Waals surface area (Å²) in [7, 11) is 3.59. The summed E-state index contributed by atoms with van der Waals surface area (Å²) in [5, 5.41) is 3.27. The van der Waals surface area contributed by atoms with Crippen LogP contribution in [0.1, 0.15) is 24.4 Å². The lowest BCUT2D eigenvalue weighted by Gasteiger charge is -2.24. The highest BCUT2D eigenvalue weighted by Crippen LogP contribution is 2.21. The molecule has 1 amide bonds. The van der Waals surface area contributed by atoms with Crippen LogP contribution >= 0.6 is 0 Å². The van der Waals surface area contributed by atoms with Gasteiger partial charge >= 0.3 is 0 Å². The van der Waals surface area contributed by atoms with Crippen molar-refractivity contribution < 1.29 is 9.53 Å². The number of nitrogens with zero attached hydrogens (tertiary/aromatic N) is 1. The molecule has 1 N–H and O–H groups in total. The number of rotatable bonds is 5. The van der Waals surface area contributed by atoms with Crippen LogP contribution in [0.3, 0.4) is 0 Å². The molecule has 4 nitrogen and oxygen atoms in total. The predicted molar refractivity (Wildman–Crippen MR) is 70.6 cm³/mol. The first-order valence-electron chi connectivity index (χ1n) is 6.33. The zero-order chi connectivity index (χ0) is 13.0. The molecule has 1 atom stereocenters. The van der Waals surface area contributed by atoms with E-state index in [-0.39, 0.29) is 11.9 Å². The van der Waals surface area contributed by atoms with Crippen molar-refractivity contribution in [1.29, 1.82) is 0 Å². The third kappa shape index (κ3) is 2.82. The molecule has 1 aliphatic heterocycles. The maximum absolute atomic E-state index is 11.7. The second-order valence-electron chi connectivity index (χ2n) is 4.56. The van der Waals surface area contributed by atoms with Crippen molar-refractivity contribution in [1.82, 2.24) is 10.2 Å². The average Bonchev–Trinajstić information content (AvgIpc) is 2.81. The number of carbonyl (C=O) groups excluding carboxylic acids is 1. The Balaban J connectivity index is 2.09. The van der Waals surface area contributed by atoms with Crippen molar-refractivity contribution in [3.8, 4) is 5.75 Å². The van der Waals surface area contributed by atoms with E-state index in [1.54, 1.807) is 7.11 Å². The summed E-state index contributed by atoms with van der Waals surface area (Å²) in [6.45, 7) is 1.60. The number of benzene rings is 1. The van der Waals surface area contributed by atoms with Crippen LogP contribution in [0, 0.1) is 0 Å². The molecule has 0 bridgehead atoms. The summed E-state index contributed by atoms with van der Waals surface area (Å²) in [4.78, 5) is 13.6. The monoisotopic (exact) mass is 248 g/mol. The summed E-state index contributed by atoms with van der Waals surface area (Å²) in [5.41, 5.74) is 1.15. The van der Waals surface area contributed by atoms with Gasteiger partial charge in [-0.1, -0.05) is 12.1 Å². The van der Waals surface area contributed by atoms with E-state index in [1.165, 1.54) is 0 Å². The van der Waals surface area contributed by atoms with Crippen LogP contribution in [0.25, 0.3) is 0 Å². The molecule has 0 radical (unpaired) electrons. The van der Waals surface area contributed by atoms with E-state index in [9.17, 15) is 4.79 Å². The first-order chi connectivity index (χ1) is 8.74. The van der Waals surface area contributed by atoms with Crippen molar-refractivity contribution in [2.24, 2.45) is 0 Å². The maximum Gasteiger partial charge on any atom is 0.222 e. The lowest BCUT2D eigenvalue weighted by atomic mass is 10.1. The topological polar surface area (TPSA) is 41.6 Å². The number of hydrogen-bond donors (Lipinski definition) is 1. The number of hydrogen-bond acceptors (Lipinski definition) is 3. The van der Waals surface area contributed by atoms with Gasteiger partial charge in [-0.2, -0.15) is 0 Å². The summed E-state index contributed by atoms with van der Waals surface area (Å²) in [6, 6.07) is 8.13. The molecule has 1 aromatic rings. The number of likely N-dealkylation sites (tertiary alicyclic amines) is 1. The second-order valence-corrected chi connectivity index (χ2v) is 4.56. The molecule has 4 heteroatoms. The molecule has 1 aromatic carbocycles. The molecule has 1 fully saturated rings. The highest BCUT2D eigenvalue weighted by Gasteiger charge is 2.23. The Morgan fingerprint density at radius 3 is 2.94 bits per heavy atom. The van der Waals surface area contributed by atoms with Gasteiger partial charge in [-0.15, -0.1) is 0 Å². The Bertz CT molecular complexity index is 420. The fraction of sp³-hybridized carbons (Fsp3) is 0.500. The highest BCUT2D eigenvalue weighted by molar-refractivity contribution is 5.78. The van der Waals surface area contributed by atoms with Gasteiger partial charge in [0.1, 0.15) is 5.75 Å². The van der Waals surface area contributed by atoms with E-state index in [0.717, 1.165) is 30.8 Å². The minimum absolute atomic E-state index is 0.155. The molecule has 0 aliphatic carbocycles. The first kappa shape index (κ1) is 12.9. The standard InChI is InChI=1S/C14H20N2O2/c1-15-13(10-16-8-4-7-14(16)17)11-5-3-6-12(9-11)18-2/h3,5-6,9,13,15H,4,7-8,10H2,1-2H3. The van der Waals surface area contributed by atoms with Gasteiger partial charge in [-0.3, -0.25) is 4.79 Å². The lowest BCUT2D eigenvalue weighted by Crippen LogP contribution is -2.34. The Labute approximate surface area is 108 Å². The number of ether oxygens (including phenoxy) is 1. The third-order valence-electron chi connectivity index (χ3n) is 3.42. The molecule has 0 saturated carbocycles. The summed E-state index contributed by atoms with van der Waals surface area (Å²) >= 11 is 0. The van der Waals surface area contributed by atoms with Gasteiger partial charge < -0.3 is 15.0 Å². The molecule has 1 saturated heterocycles. The largest absolute Gasteiger partial charge is 0.497 e. The van der Waals surface area contributed by atoms with Crippen LogP contribution in [0.5, 0.6) is 5.75 Å². The Hall–Kier alpha value is -1.55. The van der Waals surface area contributed by atoms with Crippen LogP contribution in [0.2, 0.25) is 0 Å². The van der Waals surface area contributed by atoms with Crippen molar-refractivity contribution >= 4 is 5.91 Å². The van der Waals surface area contributed by atoms with Crippen molar-refractivity contribution in [3.05, 3.63) is 29.8 Å². The van der Waals surface area contributed by atoms with E-state index < -0.39 is 0 Å². The number of carbonyl (C=O) groups is 1. The molecule has 1 unspecified atom stereocenters. The van der Waals surface area contributed by atoms with Crippen LogP contribution < -0.4 is 10.1 Å². The van der Waals surface area contributed by atoms with Crippen LogP contribution in [-0.4, -0.2) is 38.1 Å². The van der Waals surface area contributed by atoms with Gasteiger partial charge in [0.25, 0.3) is 0 Å². The normalized spacial score (nSPS) is 17.0. The molecule has 2 rings (SSSR count). The predicted octanol–water partition coefficient (Wildman–Crippen LogP) is 1.58. The van der Waals surface area contributed by atoms with E-state index in [1.807, 2.05) is 30.1 Å². The quantitative estimate of drug-likeness (QED) is 0.860. The average molecular weight is 248 g/mol. The fourth-order valence-electron chi connectivity index (χ4n) is 2.34. The van der Waals surface area contributed by atoms with Gasteiger partial charge in [0, 0.05) is 25.6 Å². The summed E-state index contributed by atoms with van der Waals surface area (Å²) < 4.78 is 5.23. The second kappa shape index (κ2) is 5.87. The van der Waals surface area contributed by atoms with Crippen molar-refractivity contribution in [2.75, 3.05) is 27.2 Å². The summed E-state index contributed by atoms with van der Waals surface area (Å²) in [5.74, 6) is 1.11. The number of amides is 1. The summed E-state index contributed by atoms with van der Waals surface area (Å²) in [6.07, 6.45) is 1.67. The smallest absolute Gasteiger partial charge is 0.222 e. The first-order valence-corrected chi connectivity index (χ1v) is 6.33. The minimum Gasteiger partial charge on any atom is -0.497 e. The zero-order valence-corrected chi connectivity index (χ0v) is 11.0. The van der Waals surface area contributed by atoms with E-state index in [4.69, 9.17) is 4.74 Å². The van der Waals surface area contributed by atoms with Gasteiger partial charge in [0.05, 0.1) is 7.11 Å². The number of methoxy groups -OCH3 is 1.